The smallest absolute Gasteiger partial charge is 0.404 e. The van der Waals surface area contributed by atoms with Crippen LogP contribution >= 0.6 is 11.6 Å². The van der Waals surface area contributed by atoms with Crippen molar-refractivity contribution < 1.29 is 14.7 Å². The Morgan fingerprint density at radius 2 is 2.00 bits per heavy atom. The van der Waals surface area contributed by atoms with Crippen LogP contribution in [0, 0.1) is 0 Å². The van der Waals surface area contributed by atoms with E-state index in [-0.39, 0.29) is 18.3 Å². The number of alkyl halides is 1. The summed E-state index contributed by atoms with van der Waals surface area (Å²) in [4.78, 5) is 21.0. The second kappa shape index (κ2) is 4.91. The van der Waals surface area contributed by atoms with Gasteiger partial charge in [0.25, 0.3) is 0 Å². The Hall–Kier alpha value is -0.970. The highest BCUT2D eigenvalue weighted by molar-refractivity contribution is 6.27. The number of carbonyl (C=O) groups excluding carboxylic acids is 1. The average molecular weight is 209 g/mol. The second-order valence-electron chi connectivity index (χ2n) is 3.22. The highest BCUT2D eigenvalue weighted by atomic mass is 35.5. The van der Waals surface area contributed by atoms with Crippen LogP contribution in [0.1, 0.15) is 13.8 Å². The maximum absolute atomic E-state index is 10.9. The summed E-state index contributed by atoms with van der Waals surface area (Å²) in [6, 6.07) is 0. The van der Waals surface area contributed by atoms with Gasteiger partial charge < -0.3 is 15.7 Å². The molecule has 0 aliphatic heterocycles. The molecule has 0 aliphatic carbocycles. The summed E-state index contributed by atoms with van der Waals surface area (Å²) in [5.74, 6) is -0.449. The van der Waals surface area contributed by atoms with Crippen molar-refractivity contribution in [1.29, 1.82) is 0 Å². The Morgan fingerprint density at radius 3 is 2.38 bits per heavy atom. The summed E-state index contributed by atoms with van der Waals surface area (Å²) in [5.41, 5.74) is -0.621. The van der Waals surface area contributed by atoms with E-state index >= 15 is 0 Å². The van der Waals surface area contributed by atoms with Crippen molar-refractivity contribution in [2.45, 2.75) is 19.4 Å². The molecule has 0 aromatic rings. The average Bonchev–Trinajstić information content (AvgIpc) is 2.00. The standard InChI is InChI=1S/C7H13ClN2O3/c1-7(2,4-9-6(12)13)10-5(11)3-8/h9H,3-4H2,1-2H3,(H,10,11)(H,12,13). The molecule has 13 heavy (non-hydrogen) atoms. The van der Waals surface area contributed by atoms with E-state index in [1.165, 1.54) is 0 Å². The van der Waals surface area contributed by atoms with E-state index in [1.54, 1.807) is 13.8 Å². The SMILES string of the molecule is CC(C)(CNC(=O)O)NC(=O)CCl. The van der Waals surface area contributed by atoms with Crippen LogP contribution in [0.3, 0.4) is 0 Å². The van der Waals surface area contributed by atoms with Gasteiger partial charge in [-0.3, -0.25) is 4.79 Å². The van der Waals surface area contributed by atoms with Crippen molar-refractivity contribution in [3.05, 3.63) is 0 Å². The van der Waals surface area contributed by atoms with Gasteiger partial charge in [-0.15, -0.1) is 11.6 Å². The fraction of sp³-hybridized carbons (Fsp3) is 0.714. The lowest BCUT2D eigenvalue weighted by atomic mass is 10.1. The minimum Gasteiger partial charge on any atom is -0.465 e. The lowest BCUT2D eigenvalue weighted by Gasteiger charge is -2.25. The molecule has 0 bridgehead atoms. The molecular formula is C7H13ClN2O3. The number of amides is 2. The lowest BCUT2D eigenvalue weighted by Crippen LogP contribution is -2.51. The minimum absolute atomic E-state index is 0.128. The Labute approximate surface area is 81.4 Å². The molecule has 76 valence electrons. The van der Waals surface area contributed by atoms with Crippen molar-refractivity contribution in [2.75, 3.05) is 12.4 Å². The molecule has 3 N–H and O–H groups in total. The predicted octanol–water partition coefficient (Wildman–Crippen LogP) is 0.388. The number of rotatable bonds is 4. The summed E-state index contributed by atoms with van der Waals surface area (Å²) in [5, 5.41) is 13.1. The lowest BCUT2D eigenvalue weighted by molar-refractivity contribution is -0.120. The van der Waals surface area contributed by atoms with Gasteiger partial charge in [-0.1, -0.05) is 0 Å². The maximum atomic E-state index is 10.9. The van der Waals surface area contributed by atoms with Gasteiger partial charge in [0.05, 0.1) is 5.54 Å². The van der Waals surface area contributed by atoms with Crippen LogP contribution in [0.25, 0.3) is 0 Å². The first kappa shape index (κ1) is 12.0. The van der Waals surface area contributed by atoms with Crippen molar-refractivity contribution >= 4 is 23.6 Å². The molecule has 0 aromatic carbocycles. The van der Waals surface area contributed by atoms with Gasteiger partial charge >= 0.3 is 6.09 Å². The fourth-order valence-corrected chi connectivity index (χ4v) is 0.818. The molecule has 0 unspecified atom stereocenters. The van der Waals surface area contributed by atoms with E-state index in [0.717, 1.165) is 0 Å². The first-order valence-corrected chi connectivity index (χ1v) is 4.24. The van der Waals surface area contributed by atoms with Gasteiger partial charge in [-0.2, -0.15) is 0 Å². The number of carbonyl (C=O) groups is 2. The van der Waals surface area contributed by atoms with Crippen LogP contribution < -0.4 is 10.6 Å². The van der Waals surface area contributed by atoms with Crippen molar-refractivity contribution in [3.63, 3.8) is 0 Å². The molecule has 0 fully saturated rings. The molecule has 5 nitrogen and oxygen atoms in total. The first-order chi connectivity index (χ1) is 5.87. The fourth-order valence-electron chi connectivity index (χ4n) is 0.752. The zero-order chi connectivity index (χ0) is 10.5. The highest BCUT2D eigenvalue weighted by Crippen LogP contribution is 1.99. The normalized spacial score (nSPS) is 10.7. The van der Waals surface area contributed by atoms with E-state index in [4.69, 9.17) is 16.7 Å². The van der Waals surface area contributed by atoms with Gasteiger partial charge in [-0.25, -0.2) is 4.79 Å². The number of halogens is 1. The molecule has 0 saturated carbocycles. The zero-order valence-corrected chi connectivity index (χ0v) is 8.31. The Balaban J connectivity index is 3.92. The molecule has 0 aliphatic rings. The van der Waals surface area contributed by atoms with Crippen LogP contribution in [0.4, 0.5) is 4.79 Å². The van der Waals surface area contributed by atoms with E-state index in [9.17, 15) is 9.59 Å². The highest BCUT2D eigenvalue weighted by Gasteiger charge is 2.20. The molecule has 0 spiro atoms. The monoisotopic (exact) mass is 208 g/mol. The van der Waals surface area contributed by atoms with Crippen LogP contribution in [-0.2, 0) is 4.79 Å². The van der Waals surface area contributed by atoms with Crippen molar-refractivity contribution in [3.8, 4) is 0 Å². The summed E-state index contributed by atoms with van der Waals surface area (Å²) in [7, 11) is 0. The van der Waals surface area contributed by atoms with Crippen molar-refractivity contribution in [2.24, 2.45) is 0 Å². The molecule has 6 heteroatoms. The third kappa shape index (κ3) is 6.21. The largest absolute Gasteiger partial charge is 0.465 e. The topological polar surface area (TPSA) is 78.4 Å². The number of carboxylic acid groups (broad SMARTS) is 1. The Kier molecular flexibility index (Phi) is 4.55. The molecule has 0 saturated heterocycles. The molecule has 0 rings (SSSR count). The van der Waals surface area contributed by atoms with Gasteiger partial charge in [-0.05, 0) is 13.8 Å². The van der Waals surface area contributed by atoms with Gasteiger partial charge in [0.15, 0.2) is 0 Å². The Morgan fingerprint density at radius 1 is 1.46 bits per heavy atom. The summed E-state index contributed by atoms with van der Waals surface area (Å²) < 4.78 is 0. The van der Waals surface area contributed by atoms with E-state index in [1.807, 2.05) is 0 Å². The molecule has 2 amide bonds. The van der Waals surface area contributed by atoms with Crippen molar-refractivity contribution in [1.82, 2.24) is 10.6 Å². The van der Waals surface area contributed by atoms with Crippen LogP contribution in [0.5, 0.6) is 0 Å². The molecule has 0 atom stereocenters. The Bertz CT molecular complexity index is 206. The number of hydrogen-bond donors (Lipinski definition) is 3. The number of nitrogens with one attached hydrogen (secondary N) is 2. The summed E-state index contributed by atoms with van der Waals surface area (Å²) in [6.45, 7) is 3.55. The molecule has 0 aromatic heterocycles. The summed E-state index contributed by atoms with van der Waals surface area (Å²) in [6.07, 6.45) is -1.12. The second-order valence-corrected chi connectivity index (χ2v) is 3.49. The first-order valence-electron chi connectivity index (χ1n) is 3.71. The molecular weight excluding hydrogens is 196 g/mol. The third-order valence-electron chi connectivity index (χ3n) is 1.28. The third-order valence-corrected chi connectivity index (χ3v) is 1.52. The van der Waals surface area contributed by atoms with Crippen LogP contribution in [0.2, 0.25) is 0 Å². The van der Waals surface area contributed by atoms with Crippen LogP contribution in [-0.4, -0.2) is 35.1 Å². The predicted molar refractivity (Wildman–Crippen MR) is 49.0 cm³/mol. The zero-order valence-electron chi connectivity index (χ0n) is 7.56. The number of hydrogen-bond acceptors (Lipinski definition) is 2. The van der Waals surface area contributed by atoms with E-state index in [0.29, 0.717) is 0 Å². The molecule has 0 heterocycles. The summed E-state index contributed by atoms with van der Waals surface area (Å²) >= 11 is 5.27. The van der Waals surface area contributed by atoms with Gasteiger partial charge in [0.1, 0.15) is 5.88 Å². The van der Waals surface area contributed by atoms with Crippen LogP contribution in [0.15, 0.2) is 0 Å². The minimum atomic E-state index is -1.12. The van der Waals surface area contributed by atoms with Gasteiger partial charge in [0, 0.05) is 6.54 Å². The van der Waals surface area contributed by atoms with E-state index < -0.39 is 11.6 Å². The quantitative estimate of drug-likeness (QED) is 0.585. The van der Waals surface area contributed by atoms with E-state index in [2.05, 4.69) is 10.6 Å². The molecule has 0 radical (unpaired) electrons. The maximum Gasteiger partial charge on any atom is 0.404 e. The van der Waals surface area contributed by atoms with Gasteiger partial charge in [0.2, 0.25) is 5.91 Å².